The molecule has 1 aromatic carbocycles. The summed E-state index contributed by atoms with van der Waals surface area (Å²) in [5.41, 5.74) is 6.67. The maximum Gasteiger partial charge on any atom is 0.269 e. The number of amides is 1. The van der Waals surface area contributed by atoms with Crippen LogP contribution in [0.3, 0.4) is 0 Å². The lowest BCUT2D eigenvalue weighted by Gasteiger charge is -2.16. The van der Waals surface area contributed by atoms with E-state index in [2.05, 4.69) is 37.8 Å². The maximum absolute atomic E-state index is 12.4. The fourth-order valence-corrected chi connectivity index (χ4v) is 3.38. The van der Waals surface area contributed by atoms with Gasteiger partial charge in [0.2, 0.25) is 0 Å². The molecule has 0 saturated carbocycles. The Hall–Kier alpha value is -1.35. The number of rotatable bonds is 5. The second-order valence-electron chi connectivity index (χ2n) is 4.32. The molecule has 0 atom stereocenters. The molecule has 112 valence electrons. The highest BCUT2D eigenvalue weighted by atomic mass is 127. The third-order valence-corrected chi connectivity index (χ3v) is 5.08. The summed E-state index contributed by atoms with van der Waals surface area (Å²) in [5.74, 6) is 0.0675. The first-order chi connectivity index (χ1) is 10.1. The van der Waals surface area contributed by atoms with Crippen LogP contribution in [0, 0.1) is 3.57 Å². The van der Waals surface area contributed by atoms with Gasteiger partial charge in [0.25, 0.3) is 5.91 Å². The Morgan fingerprint density at radius 2 is 2.05 bits per heavy atom. The molecule has 0 saturated heterocycles. The summed E-state index contributed by atoms with van der Waals surface area (Å²) in [5, 5.41) is 3.66. The van der Waals surface area contributed by atoms with Crippen molar-refractivity contribution >= 4 is 56.5 Å². The van der Waals surface area contributed by atoms with Crippen molar-refractivity contribution in [2.45, 2.75) is 13.8 Å². The Bertz CT molecular complexity index is 640. The van der Waals surface area contributed by atoms with E-state index in [9.17, 15) is 4.79 Å². The fourth-order valence-electron chi connectivity index (χ4n) is 1.85. The van der Waals surface area contributed by atoms with E-state index < -0.39 is 0 Å². The summed E-state index contributed by atoms with van der Waals surface area (Å²) in [6.07, 6.45) is 0. The lowest BCUT2D eigenvalue weighted by molar-refractivity contribution is 0.103. The highest BCUT2D eigenvalue weighted by Crippen LogP contribution is 2.29. The van der Waals surface area contributed by atoms with Crippen LogP contribution >= 0.6 is 33.9 Å². The number of nitrogens with zero attached hydrogens (tertiary/aromatic N) is 2. The van der Waals surface area contributed by atoms with E-state index in [1.165, 1.54) is 11.3 Å². The lowest BCUT2D eigenvalue weighted by atomic mass is 10.3. The number of hydrogen-bond acceptors (Lipinski definition) is 5. The number of carbonyl (C=O) groups is 1. The summed E-state index contributed by atoms with van der Waals surface area (Å²) in [4.78, 5) is 19.2. The maximum atomic E-state index is 12.4. The van der Waals surface area contributed by atoms with Crippen molar-refractivity contribution in [1.82, 2.24) is 4.98 Å². The number of nitrogen functional groups attached to an aromatic ring is 1. The van der Waals surface area contributed by atoms with Gasteiger partial charge in [-0.05, 0) is 48.6 Å². The number of nitrogens with two attached hydrogens (primary N) is 1. The zero-order chi connectivity index (χ0) is 15.4. The second-order valence-corrected chi connectivity index (χ2v) is 6.46. The molecule has 1 aromatic heterocycles. The van der Waals surface area contributed by atoms with Gasteiger partial charge in [-0.25, -0.2) is 4.98 Å². The van der Waals surface area contributed by atoms with Crippen LogP contribution in [0.2, 0.25) is 0 Å². The molecule has 0 aliphatic heterocycles. The molecule has 2 aromatic rings. The number of benzene rings is 1. The van der Waals surface area contributed by atoms with Gasteiger partial charge in [0.15, 0.2) is 5.13 Å². The standard InChI is InChI=1S/C14H17IN4OS/c1-3-19(4-2)14-18-12(16)11(21-14)13(20)17-10-8-6-5-7-9(10)15/h5-8H,3-4,16H2,1-2H3,(H,17,20). The molecule has 7 heteroatoms. The Labute approximate surface area is 141 Å². The monoisotopic (exact) mass is 416 g/mol. The Balaban J connectivity index is 2.22. The van der Waals surface area contributed by atoms with Crippen LogP contribution in [-0.4, -0.2) is 24.0 Å². The SMILES string of the molecule is CCN(CC)c1nc(N)c(C(=O)Nc2ccccc2I)s1. The summed E-state index contributed by atoms with van der Waals surface area (Å²) >= 11 is 3.51. The summed E-state index contributed by atoms with van der Waals surface area (Å²) in [6, 6.07) is 7.61. The molecule has 5 nitrogen and oxygen atoms in total. The van der Waals surface area contributed by atoms with Gasteiger partial charge in [-0.3, -0.25) is 4.79 Å². The van der Waals surface area contributed by atoms with Crippen LogP contribution in [0.15, 0.2) is 24.3 Å². The van der Waals surface area contributed by atoms with Gasteiger partial charge in [0, 0.05) is 16.7 Å². The first-order valence-electron chi connectivity index (χ1n) is 6.63. The van der Waals surface area contributed by atoms with Crippen molar-refractivity contribution in [1.29, 1.82) is 0 Å². The number of aromatic nitrogens is 1. The minimum Gasteiger partial charge on any atom is -0.382 e. The zero-order valence-corrected chi connectivity index (χ0v) is 14.9. The van der Waals surface area contributed by atoms with Gasteiger partial charge >= 0.3 is 0 Å². The molecule has 3 N–H and O–H groups in total. The van der Waals surface area contributed by atoms with E-state index in [0.717, 1.165) is 27.5 Å². The van der Waals surface area contributed by atoms with Gasteiger partial charge in [0.1, 0.15) is 10.7 Å². The molecule has 1 amide bonds. The number of para-hydroxylation sites is 1. The largest absolute Gasteiger partial charge is 0.382 e. The minimum atomic E-state index is -0.215. The molecule has 0 spiro atoms. The van der Waals surface area contributed by atoms with E-state index in [0.29, 0.717) is 4.88 Å². The van der Waals surface area contributed by atoms with Gasteiger partial charge in [0.05, 0.1) is 5.69 Å². The van der Waals surface area contributed by atoms with Crippen molar-refractivity contribution in [3.8, 4) is 0 Å². The van der Waals surface area contributed by atoms with Crippen LogP contribution in [0.1, 0.15) is 23.5 Å². The molecule has 0 unspecified atom stereocenters. The smallest absolute Gasteiger partial charge is 0.269 e. The van der Waals surface area contributed by atoms with Gasteiger partial charge < -0.3 is 16.0 Å². The van der Waals surface area contributed by atoms with Crippen LogP contribution in [-0.2, 0) is 0 Å². The van der Waals surface area contributed by atoms with Crippen LogP contribution in [0.25, 0.3) is 0 Å². The van der Waals surface area contributed by atoms with Gasteiger partial charge in [-0.1, -0.05) is 23.5 Å². The summed E-state index contributed by atoms with van der Waals surface area (Å²) in [7, 11) is 0. The Kier molecular flexibility index (Phi) is 5.40. The van der Waals surface area contributed by atoms with Crippen LogP contribution in [0.4, 0.5) is 16.6 Å². The van der Waals surface area contributed by atoms with Crippen LogP contribution < -0.4 is 16.0 Å². The first-order valence-corrected chi connectivity index (χ1v) is 8.53. The molecular weight excluding hydrogens is 399 g/mol. The number of anilines is 3. The van der Waals surface area contributed by atoms with Gasteiger partial charge in [-0.2, -0.15) is 0 Å². The first kappa shape index (κ1) is 16.0. The minimum absolute atomic E-state index is 0.215. The number of carbonyl (C=O) groups excluding carboxylic acids is 1. The molecule has 21 heavy (non-hydrogen) atoms. The summed E-state index contributed by atoms with van der Waals surface area (Å²) in [6.45, 7) is 5.77. The van der Waals surface area contributed by atoms with E-state index in [4.69, 9.17) is 5.73 Å². The fraction of sp³-hybridized carbons (Fsp3) is 0.286. The average molecular weight is 416 g/mol. The predicted octanol–water partition coefficient (Wildman–Crippen LogP) is 3.43. The van der Waals surface area contributed by atoms with E-state index in [-0.39, 0.29) is 11.7 Å². The van der Waals surface area contributed by atoms with Crippen LogP contribution in [0.5, 0.6) is 0 Å². The molecule has 1 heterocycles. The molecule has 0 fully saturated rings. The average Bonchev–Trinajstić information content (AvgIpc) is 2.85. The van der Waals surface area contributed by atoms with E-state index >= 15 is 0 Å². The van der Waals surface area contributed by atoms with Crippen molar-refractivity contribution < 1.29 is 4.79 Å². The lowest BCUT2D eigenvalue weighted by Crippen LogP contribution is -2.21. The topological polar surface area (TPSA) is 71.2 Å². The van der Waals surface area contributed by atoms with Gasteiger partial charge in [-0.15, -0.1) is 0 Å². The molecule has 2 rings (SSSR count). The van der Waals surface area contributed by atoms with E-state index in [1.54, 1.807) is 0 Å². The number of thiazole rings is 1. The molecule has 0 radical (unpaired) electrons. The third-order valence-electron chi connectivity index (χ3n) is 3.00. The van der Waals surface area contributed by atoms with E-state index in [1.807, 2.05) is 38.1 Å². The molecule has 0 bridgehead atoms. The number of hydrogen-bond donors (Lipinski definition) is 2. The molecule has 0 aliphatic rings. The highest BCUT2D eigenvalue weighted by Gasteiger charge is 2.19. The normalized spacial score (nSPS) is 10.4. The van der Waals surface area contributed by atoms with Crippen molar-refractivity contribution in [3.05, 3.63) is 32.7 Å². The number of halogens is 1. The van der Waals surface area contributed by atoms with Crippen molar-refractivity contribution in [2.75, 3.05) is 29.0 Å². The highest BCUT2D eigenvalue weighted by molar-refractivity contribution is 14.1. The third kappa shape index (κ3) is 3.65. The van der Waals surface area contributed by atoms with Crippen molar-refractivity contribution in [3.63, 3.8) is 0 Å². The Morgan fingerprint density at radius 1 is 1.38 bits per heavy atom. The Morgan fingerprint density at radius 3 is 2.67 bits per heavy atom. The summed E-state index contributed by atoms with van der Waals surface area (Å²) < 4.78 is 0.982. The zero-order valence-electron chi connectivity index (χ0n) is 11.9. The second kappa shape index (κ2) is 7.08. The van der Waals surface area contributed by atoms with Crippen molar-refractivity contribution in [2.24, 2.45) is 0 Å². The number of nitrogens with one attached hydrogen (secondary N) is 1. The molecular formula is C14H17IN4OS. The predicted molar refractivity (Wildman–Crippen MR) is 97.2 cm³/mol. The molecule has 0 aliphatic carbocycles. The quantitative estimate of drug-likeness (QED) is 0.733.